The molecule has 1 aliphatic heterocycles. The van der Waals surface area contributed by atoms with Crippen LogP contribution in [0.3, 0.4) is 0 Å². The van der Waals surface area contributed by atoms with E-state index >= 15 is 0 Å². The molecule has 1 saturated heterocycles. The fourth-order valence-electron chi connectivity index (χ4n) is 2.10. The van der Waals surface area contributed by atoms with Crippen LogP contribution < -0.4 is 10.6 Å². The van der Waals surface area contributed by atoms with Crippen molar-refractivity contribution in [3.8, 4) is 0 Å². The molecule has 0 bridgehead atoms. The quantitative estimate of drug-likeness (QED) is 0.804. The van der Waals surface area contributed by atoms with Crippen LogP contribution in [0.4, 0.5) is 4.79 Å². The van der Waals surface area contributed by atoms with Crippen LogP contribution in [0, 0.1) is 0 Å². The maximum absolute atomic E-state index is 11.6. The van der Waals surface area contributed by atoms with Crippen LogP contribution in [0.25, 0.3) is 0 Å². The molecule has 1 fully saturated rings. The first kappa shape index (κ1) is 16.2. The molecule has 112 valence electrons. The summed E-state index contributed by atoms with van der Waals surface area (Å²) >= 11 is 0. The smallest absolute Gasteiger partial charge is 0.407 e. The minimum atomic E-state index is -0.451. The van der Waals surface area contributed by atoms with Crippen molar-refractivity contribution in [1.82, 2.24) is 10.6 Å². The van der Waals surface area contributed by atoms with E-state index in [0.29, 0.717) is 12.6 Å². The summed E-state index contributed by atoms with van der Waals surface area (Å²) in [7, 11) is 0. The van der Waals surface area contributed by atoms with Gasteiger partial charge in [-0.2, -0.15) is 0 Å². The maximum Gasteiger partial charge on any atom is 0.407 e. The third-order valence-electron chi connectivity index (χ3n) is 3.21. The predicted octanol–water partition coefficient (Wildman–Crippen LogP) is 2.06. The van der Waals surface area contributed by atoms with Crippen molar-refractivity contribution < 1.29 is 14.3 Å². The second-order valence-electron chi connectivity index (χ2n) is 6.13. The SMILES string of the molecule is CCC(CNC(=O)OC(C)(C)C)NC1CCOC1C. The van der Waals surface area contributed by atoms with Gasteiger partial charge in [0.25, 0.3) is 0 Å². The van der Waals surface area contributed by atoms with Crippen LogP contribution in [-0.4, -0.2) is 43.0 Å². The van der Waals surface area contributed by atoms with E-state index in [1.165, 1.54) is 0 Å². The third kappa shape index (κ3) is 6.25. The molecule has 1 rings (SSSR count). The van der Waals surface area contributed by atoms with Gasteiger partial charge in [0.1, 0.15) is 5.60 Å². The minimum absolute atomic E-state index is 0.246. The van der Waals surface area contributed by atoms with Crippen LogP contribution in [0.1, 0.15) is 47.5 Å². The molecule has 1 amide bonds. The number of amides is 1. The molecule has 2 N–H and O–H groups in total. The number of hydrogen-bond donors (Lipinski definition) is 2. The average molecular weight is 272 g/mol. The van der Waals surface area contributed by atoms with Gasteiger partial charge in [0.05, 0.1) is 6.10 Å². The van der Waals surface area contributed by atoms with Crippen molar-refractivity contribution in [2.24, 2.45) is 0 Å². The third-order valence-corrected chi connectivity index (χ3v) is 3.21. The predicted molar refractivity (Wildman–Crippen MR) is 75.3 cm³/mol. The van der Waals surface area contributed by atoms with Crippen LogP contribution in [-0.2, 0) is 9.47 Å². The first-order chi connectivity index (χ1) is 8.81. The van der Waals surface area contributed by atoms with Crippen LogP contribution >= 0.6 is 0 Å². The van der Waals surface area contributed by atoms with Gasteiger partial charge in [-0.1, -0.05) is 6.92 Å². The fourth-order valence-corrected chi connectivity index (χ4v) is 2.10. The van der Waals surface area contributed by atoms with E-state index in [-0.39, 0.29) is 18.2 Å². The number of carbonyl (C=O) groups is 1. The Bertz CT molecular complexity index is 289. The summed E-state index contributed by atoms with van der Waals surface area (Å²) in [5, 5.41) is 6.35. The Balaban J connectivity index is 2.30. The van der Waals surface area contributed by atoms with E-state index in [1.54, 1.807) is 0 Å². The summed E-state index contributed by atoms with van der Waals surface area (Å²) in [6, 6.07) is 0.632. The molecule has 0 saturated carbocycles. The number of nitrogens with one attached hydrogen (secondary N) is 2. The monoisotopic (exact) mass is 272 g/mol. The molecule has 0 aromatic rings. The Hall–Kier alpha value is -0.810. The Morgan fingerprint density at radius 1 is 1.47 bits per heavy atom. The summed E-state index contributed by atoms with van der Waals surface area (Å²) in [6.07, 6.45) is 1.88. The Labute approximate surface area is 116 Å². The summed E-state index contributed by atoms with van der Waals surface area (Å²) < 4.78 is 10.7. The first-order valence-corrected chi connectivity index (χ1v) is 7.16. The normalized spacial score (nSPS) is 25.1. The number of ether oxygens (including phenoxy) is 2. The highest BCUT2D eigenvalue weighted by molar-refractivity contribution is 5.67. The molecule has 1 heterocycles. The van der Waals surface area contributed by atoms with Gasteiger partial charge in [0.15, 0.2) is 0 Å². The zero-order chi connectivity index (χ0) is 14.5. The van der Waals surface area contributed by atoms with Crippen molar-refractivity contribution in [3.63, 3.8) is 0 Å². The Kier molecular flexibility index (Phi) is 6.07. The zero-order valence-electron chi connectivity index (χ0n) is 12.8. The van der Waals surface area contributed by atoms with Gasteiger partial charge in [0, 0.05) is 25.2 Å². The molecule has 5 heteroatoms. The number of alkyl carbamates (subject to hydrolysis) is 1. The maximum atomic E-state index is 11.6. The lowest BCUT2D eigenvalue weighted by atomic mass is 10.1. The van der Waals surface area contributed by atoms with Crippen molar-refractivity contribution in [3.05, 3.63) is 0 Å². The van der Waals surface area contributed by atoms with E-state index in [0.717, 1.165) is 19.4 Å². The van der Waals surface area contributed by atoms with E-state index in [4.69, 9.17) is 9.47 Å². The number of rotatable bonds is 5. The van der Waals surface area contributed by atoms with E-state index in [9.17, 15) is 4.79 Å². The molecule has 3 atom stereocenters. The lowest BCUT2D eigenvalue weighted by molar-refractivity contribution is 0.0520. The molecule has 0 aliphatic carbocycles. The molecule has 0 aromatic carbocycles. The summed E-state index contributed by atoms with van der Waals surface area (Å²) in [5.74, 6) is 0. The van der Waals surface area contributed by atoms with E-state index in [1.807, 2.05) is 20.8 Å². The van der Waals surface area contributed by atoms with Crippen LogP contribution in [0.15, 0.2) is 0 Å². The standard InChI is InChI=1S/C14H28N2O3/c1-6-11(16-12-7-8-18-10(12)2)9-15-13(17)19-14(3,4)5/h10-12,16H,6-9H2,1-5H3,(H,15,17). The lowest BCUT2D eigenvalue weighted by Crippen LogP contribution is -2.48. The van der Waals surface area contributed by atoms with Gasteiger partial charge in [-0.05, 0) is 40.5 Å². The summed E-state index contributed by atoms with van der Waals surface area (Å²) in [4.78, 5) is 11.6. The molecule has 5 nitrogen and oxygen atoms in total. The highest BCUT2D eigenvalue weighted by Crippen LogP contribution is 2.13. The van der Waals surface area contributed by atoms with Gasteiger partial charge >= 0.3 is 6.09 Å². The Morgan fingerprint density at radius 2 is 2.16 bits per heavy atom. The summed E-state index contributed by atoms with van der Waals surface area (Å²) in [5.41, 5.74) is -0.451. The zero-order valence-corrected chi connectivity index (χ0v) is 12.8. The van der Waals surface area contributed by atoms with Crippen LogP contribution in [0.2, 0.25) is 0 Å². The highest BCUT2D eigenvalue weighted by Gasteiger charge is 2.26. The topological polar surface area (TPSA) is 59.6 Å². The molecule has 1 aliphatic rings. The van der Waals surface area contributed by atoms with Gasteiger partial charge in [-0.25, -0.2) is 4.79 Å². The number of hydrogen-bond acceptors (Lipinski definition) is 4. The fraction of sp³-hybridized carbons (Fsp3) is 0.929. The van der Waals surface area contributed by atoms with Gasteiger partial charge < -0.3 is 20.1 Å². The van der Waals surface area contributed by atoms with Crippen LogP contribution in [0.5, 0.6) is 0 Å². The van der Waals surface area contributed by atoms with E-state index < -0.39 is 5.60 Å². The minimum Gasteiger partial charge on any atom is -0.444 e. The van der Waals surface area contributed by atoms with Crippen molar-refractivity contribution in [1.29, 1.82) is 0 Å². The molecular weight excluding hydrogens is 244 g/mol. The lowest BCUT2D eigenvalue weighted by Gasteiger charge is -2.25. The molecule has 3 unspecified atom stereocenters. The van der Waals surface area contributed by atoms with Gasteiger partial charge in [0.2, 0.25) is 0 Å². The highest BCUT2D eigenvalue weighted by atomic mass is 16.6. The van der Waals surface area contributed by atoms with Gasteiger partial charge in [-0.3, -0.25) is 0 Å². The molecule has 19 heavy (non-hydrogen) atoms. The largest absolute Gasteiger partial charge is 0.444 e. The Morgan fingerprint density at radius 3 is 2.63 bits per heavy atom. The van der Waals surface area contributed by atoms with Crippen molar-refractivity contribution in [2.45, 2.75) is 71.2 Å². The van der Waals surface area contributed by atoms with Gasteiger partial charge in [-0.15, -0.1) is 0 Å². The number of carbonyl (C=O) groups excluding carboxylic acids is 1. The first-order valence-electron chi connectivity index (χ1n) is 7.16. The molecule has 0 aromatic heterocycles. The molecule has 0 radical (unpaired) electrons. The van der Waals surface area contributed by atoms with E-state index in [2.05, 4.69) is 24.5 Å². The second kappa shape index (κ2) is 7.10. The molecule has 0 spiro atoms. The average Bonchev–Trinajstić information content (AvgIpc) is 2.67. The summed E-state index contributed by atoms with van der Waals surface area (Å²) in [6.45, 7) is 11.2. The second-order valence-corrected chi connectivity index (χ2v) is 6.13. The van der Waals surface area contributed by atoms with Crippen molar-refractivity contribution in [2.75, 3.05) is 13.2 Å². The van der Waals surface area contributed by atoms with Crippen molar-refractivity contribution >= 4 is 6.09 Å². The molecular formula is C14H28N2O3.